The Hall–Kier alpha value is -1.37. The first-order chi connectivity index (χ1) is 6.56. The van der Waals surface area contributed by atoms with Crippen LogP contribution in [0.3, 0.4) is 0 Å². The standard InChI is InChI=1S/C11H14N2O/c1-7-5-9(11(13)8(2)14)3-4-10(7)6-12/h3-5,8,11,14H,13H2,1-2H3/t8-,11+/m0/s1. The Labute approximate surface area is 83.8 Å². The predicted molar refractivity (Wildman–Crippen MR) is 54.5 cm³/mol. The largest absolute Gasteiger partial charge is 0.391 e. The number of hydrogen-bond acceptors (Lipinski definition) is 3. The molecule has 0 spiro atoms. The van der Waals surface area contributed by atoms with Crippen molar-refractivity contribution < 1.29 is 5.11 Å². The molecule has 3 heteroatoms. The summed E-state index contributed by atoms with van der Waals surface area (Å²) in [6.07, 6.45) is -0.581. The SMILES string of the molecule is Cc1cc([C@H](N)[C@H](C)O)ccc1C#N. The van der Waals surface area contributed by atoms with Crippen molar-refractivity contribution in [1.82, 2.24) is 0 Å². The molecule has 0 unspecified atom stereocenters. The van der Waals surface area contributed by atoms with Gasteiger partial charge in [0.2, 0.25) is 0 Å². The van der Waals surface area contributed by atoms with Gasteiger partial charge in [-0.15, -0.1) is 0 Å². The highest BCUT2D eigenvalue weighted by Crippen LogP contribution is 2.17. The molecule has 0 heterocycles. The van der Waals surface area contributed by atoms with E-state index in [1.54, 1.807) is 19.1 Å². The highest BCUT2D eigenvalue weighted by atomic mass is 16.3. The lowest BCUT2D eigenvalue weighted by atomic mass is 9.99. The Balaban J connectivity index is 3.04. The maximum atomic E-state index is 9.30. The minimum absolute atomic E-state index is 0.388. The number of nitrogens with zero attached hydrogens (tertiary/aromatic N) is 1. The van der Waals surface area contributed by atoms with E-state index >= 15 is 0 Å². The van der Waals surface area contributed by atoms with Crippen LogP contribution in [0.15, 0.2) is 18.2 Å². The van der Waals surface area contributed by atoms with Crippen molar-refractivity contribution in [2.75, 3.05) is 0 Å². The Morgan fingerprint density at radius 2 is 2.14 bits per heavy atom. The third kappa shape index (κ3) is 2.11. The van der Waals surface area contributed by atoms with Crippen LogP contribution in [-0.2, 0) is 0 Å². The number of hydrogen-bond donors (Lipinski definition) is 2. The van der Waals surface area contributed by atoms with Crippen LogP contribution in [0.25, 0.3) is 0 Å². The molecule has 0 aromatic heterocycles. The molecule has 74 valence electrons. The van der Waals surface area contributed by atoms with Gasteiger partial charge in [-0.3, -0.25) is 0 Å². The summed E-state index contributed by atoms with van der Waals surface area (Å²) in [5.74, 6) is 0. The second kappa shape index (κ2) is 4.23. The van der Waals surface area contributed by atoms with E-state index in [-0.39, 0.29) is 6.04 Å². The molecule has 0 saturated heterocycles. The van der Waals surface area contributed by atoms with Crippen LogP contribution in [-0.4, -0.2) is 11.2 Å². The van der Waals surface area contributed by atoms with Crippen molar-refractivity contribution in [1.29, 1.82) is 5.26 Å². The molecule has 1 rings (SSSR count). The Morgan fingerprint density at radius 1 is 1.50 bits per heavy atom. The van der Waals surface area contributed by atoms with Crippen LogP contribution in [0.2, 0.25) is 0 Å². The highest BCUT2D eigenvalue weighted by molar-refractivity contribution is 5.40. The maximum absolute atomic E-state index is 9.30. The van der Waals surface area contributed by atoms with Crippen molar-refractivity contribution in [3.8, 4) is 6.07 Å². The van der Waals surface area contributed by atoms with E-state index in [0.717, 1.165) is 11.1 Å². The van der Waals surface area contributed by atoms with Crippen LogP contribution in [0.4, 0.5) is 0 Å². The van der Waals surface area contributed by atoms with Gasteiger partial charge in [-0.25, -0.2) is 0 Å². The summed E-state index contributed by atoms with van der Waals surface area (Å²) >= 11 is 0. The van der Waals surface area contributed by atoms with E-state index in [1.165, 1.54) is 0 Å². The summed E-state index contributed by atoms with van der Waals surface area (Å²) in [7, 11) is 0. The highest BCUT2D eigenvalue weighted by Gasteiger charge is 2.12. The van der Waals surface area contributed by atoms with Gasteiger partial charge in [0, 0.05) is 0 Å². The zero-order chi connectivity index (χ0) is 10.7. The fraction of sp³-hybridized carbons (Fsp3) is 0.364. The molecule has 1 aromatic carbocycles. The Morgan fingerprint density at radius 3 is 2.57 bits per heavy atom. The lowest BCUT2D eigenvalue weighted by Crippen LogP contribution is -2.23. The molecule has 3 N–H and O–H groups in total. The van der Waals surface area contributed by atoms with Crippen LogP contribution in [0.1, 0.15) is 29.7 Å². The first-order valence-corrected chi connectivity index (χ1v) is 4.50. The lowest BCUT2D eigenvalue weighted by molar-refractivity contribution is 0.164. The molecule has 14 heavy (non-hydrogen) atoms. The van der Waals surface area contributed by atoms with Crippen molar-refractivity contribution in [3.63, 3.8) is 0 Å². The third-order valence-corrected chi connectivity index (χ3v) is 2.28. The first kappa shape index (κ1) is 10.7. The van der Waals surface area contributed by atoms with E-state index in [1.807, 2.05) is 13.0 Å². The van der Waals surface area contributed by atoms with Gasteiger partial charge < -0.3 is 10.8 Å². The van der Waals surface area contributed by atoms with Gasteiger partial charge in [0.15, 0.2) is 0 Å². The predicted octanol–water partition coefficient (Wildman–Crippen LogP) is 1.25. The van der Waals surface area contributed by atoms with Gasteiger partial charge in [0.1, 0.15) is 0 Å². The van der Waals surface area contributed by atoms with Crippen LogP contribution < -0.4 is 5.73 Å². The molecule has 3 nitrogen and oxygen atoms in total. The number of rotatable bonds is 2. The monoisotopic (exact) mass is 190 g/mol. The number of nitriles is 1. The van der Waals surface area contributed by atoms with Crippen LogP contribution >= 0.6 is 0 Å². The molecule has 0 aliphatic carbocycles. The van der Waals surface area contributed by atoms with Crippen LogP contribution in [0, 0.1) is 18.3 Å². The molecule has 0 aliphatic heterocycles. The van der Waals surface area contributed by atoms with E-state index < -0.39 is 6.10 Å². The third-order valence-electron chi connectivity index (χ3n) is 2.28. The average Bonchev–Trinajstić information content (AvgIpc) is 2.16. The maximum Gasteiger partial charge on any atom is 0.0994 e. The van der Waals surface area contributed by atoms with Gasteiger partial charge in [-0.2, -0.15) is 5.26 Å². The lowest BCUT2D eigenvalue weighted by Gasteiger charge is -2.15. The summed E-state index contributed by atoms with van der Waals surface area (Å²) in [5, 5.41) is 18.0. The zero-order valence-electron chi connectivity index (χ0n) is 8.36. The molecule has 0 aliphatic rings. The van der Waals surface area contributed by atoms with Crippen molar-refractivity contribution in [2.24, 2.45) is 5.73 Å². The minimum Gasteiger partial charge on any atom is -0.391 e. The van der Waals surface area contributed by atoms with Gasteiger partial charge in [0.05, 0.1) is 23.8 Å². The number of benzene rings is 1. The number of nitrogens with two attached hydrogens (primary N) is 1. The smallest absolute Gasteiger partial charge is 0.0994 e. The van der Waals surface area contributed by atoms with E-state index in [9.17, 15) is 5.11 Å². The molecule has 0 bridgehead atoms. The minimum atomic E-state index is -0.581. The molecule has 0 radical (unpaired) electrons. The topological polar surface area (TPSA) is 70.0 Å². The average molecular weight is 190 g/mol. The Bertz CT molecular complexity index is 366. The summed E-state index contributed by atoms with van der Waals surface area (Å²) < 4.78 is 0. The van der Waals surface area contributed by atoms with Gasteiger partial charge in [-0.05, 0) is 31.0 Å². The van der Waals surface area contributed by atoms with Crippen molar-refractivity contribution >= 4 is 0 Å². The quantitative estimate of drug-likeness (QED) is 0.737. The second-order valence-corrected chi connectivity index (χ2v) is 3.45. The molecule has 1 aromatic rings. The fourth-order valence-electron chi connectivity index (χ4n) is 1.30. The summed E-state index contributed by atoms with van der Waals surface area (Å²) in [6.45, 7) is 3.51. The molecular weight excluding hydrogens is 176 g/mol. The summed E-state index contributed by atoms with van der Waals surface area (Å²) in [5.41, 5.74) is 8.16. The number of aliphatic hydroxyl groups is 1. The van der Waals surface area contributed by atoms with Crippen LogP contribution in [0.5, 0.6) is 0 Å². The van der Waals surface area contributed by atoms with Crippen molar-refractivity contribution in [3.05, 3.63) is 34.9 Å². The van der Waals surface area contributed by atoms with Gasteiger partial charge in [-0.1, -0.05) is 12.1 Å². The fourth-order valence-corrected chi connectivity index (χ4v) is 1.30. The van der Waals surface area contributed by atoms with E-state index in [4.69, 9.17) is 11.0 Å². The summed E-state index contributed by atoms with van der Waals surface area (Å²) in [4.78, 5) is 0. The Kier molecular flexibility index (Phi) is 3.23. The normalized spacial score (nSPS) is 14.5. The van der Waals surface area contributed by atoms with E-state index in [0.29, 0.717) is 5.56 Å². The van der Waals surface area contributed by atoms with Gasteiger partial charge in [0.25, 0.3) is 0 Å². The number of aryl methyl sites for hydroxylation is 1. The zero-order valence-corrected chi connectivity index (χ0v) is 8.36. The molecule has 0 amide bonds. The van der Waals surface area contributed by atoms with Crippen molar-refractivity contribution in [2.45, 2.75) is 26.0 Å². The molecule has 0 saturated carbocycles. The summed E-state index contributed by atoms with van der Waals surface area (Å²) in [6, 6.07) is 7.05. The van der Waals surface area contributed by atoms with Gasteiger partial charge >= 0.3 is 0 Å². The molecular formula is C11H14N2O. The van der Waals surface area contributed by atoms with E-state index in [2.05, 4.69) is 6.07 Å². The molecule has 2 atom stereocenters. The molecule has 0 fully saturated rings. The second-order valence-electron chi connectivity index (χ2n) is 3.45. The number of aliphatic hydroxyl groups excluding tert-OH is 1. The first-order valence-electron chi connectivity index (χ1n) is 4.50.